The van der Waals surface area contributed by atoms with Crippen molar-refractivity contribution >= 4 is 17.8 Å². The number of hydrogen-bond acceptors (Lipinski definition) is 4. The SMILES string of the molecule is C/C(=C\C(NC(=O)C(NC(=O)C1CC(C)CCN1C)C(C)(C)C)C(C)C)C(=O)O. The summed E-state index contributed by atoms with van der Waals surface area (Å²) < 4.78 is 0. The number of likely N-dealkylation sites (tertiary alicyclic amines) is 1. The number of carboxylic acid groups (broad SMARTS) is 1. The molecule has 3 N–H and O–H groups in total. The third-order valence-corrected chi connectivity index (χ3v) is 5.64. The molecule has 1 fully saturated rings. The summed E-state index contributed by atoms with van der Waals surface area (Å²) in [5.41, 5.74) is -0.316. The average molecular weight is 410 g/mol. The quantitative estimate of drug-likeness (QED) is 0.561. The van der Waals surface area contributed by atoms with Crippen LogP contribution in [0.3, 0.4) is 0 Å². The molecule has 29 heavy (non-hydrogen) atoms. The molecule has 1 saturated heterocycles. The highest BCUT2D eigenvalue weighted by Gasteiger charge is 2.37. The minimum atomic E-state index is -1.01. The van der Waals surface area contributed by atoms with E-state index in [0.717, 1.165) is 19.4 Å². The van der Waals surface area contributed by atoms with Gasteiger partial charge in [0.05, 0.1) is 12.1 Å². The maximum Gasteiger partial charge on any atom is 0.331 e. The number of nitrogens with zero attached hydrogens (tertiary/aromatic N) is 1. The van der Waals surface area contributed by atoms with Crippen molar-refractivity contribution < 1.29 is 19.5 Å². The monoisotopic (exact) mass is 409 g/mol. The summed E-state index contributed by atoms with van der Waals surface area (Å²) in [6, 6.07) is -1.40. The fourth-order valence-corrected chi connectivity index (χ4v) is 3.47. The Kier molecular flexibility index (Phi) is 8.87. The van der Waals surface area contributed by atoms with E-state index in [1.165, 1.54) is 6.92 Å². The Morgan fingerprint density at radius 2 is 1.76 bits per heavy atom. The first kappa shape index (κ1) is 25.1. The summed E-state index contributed by atoms with van der Waals surface area (Å²) in [6.07, 6.45) is 3.40. The molecule has 0 radical (unpaired) electrons. The fourth-order valence-electron chi connectivity index (χ4n) is 3.47. The molecule has 0 aromatic carbocycles. The summed E-state index contributed by atoms with van der Waals surface area (Å²) in [5, 5.41) is 15.1. The van der Waals surface area contributed by atoms with E-state index in [0.29, 0.717) is 5.92 Å². The Morgan fingerprint density at radius 1 is 1.17 bits per heavy atom. The zero-order valence-corrected chi connectivity index (χ0v) is 19.2. The van der Waals surface area contributed by atoms with E-state index >= 15 is 0 Å². The molecule has 4 unspecified atom stereocenters. The number of carbonyl (C=O) groups is 3. The van der Waals surface area contributed by atoms with Crippen molar-refractivity contribution in [1.29, 1.82) is 0 Å². The maximum absolute atomic E-state index is 13.1. The number of nitrogens with one attached hydrogen (secondary N) is 2. The van der Waals surface area contributed by atoms with Crippen molar-refractivity contribution in [3.8, 4) is 0 Å². The number of hydrogen-bond donors (Lipinski definition) is 3. The molecule has 1 aliphatic rings. The van der Waals surface area contributed by atoms with Crippen LogP contribution in [0.1, 0.15) is 61.3 Å². The second-order valence-corrected chi connectivity index (χ2v) is 9.87. The molecule has 7 nitrogen and oxygen atoms in total. The van der Waals surface area contributed by atoms with Crippen LogP contribution in [0.15, 0.2) is 11.6 Å². The Morgan fingerprint density at radius 3 is 2.24 bits per heavy atom. The number of rotatable bonds is 7. The maximum atomic E-state index is 13.1. The zero-order valence-electron chi connectivity index (χ0n) is 19.2. The van der Waals surface area contributed by atoms with Crippen molar-refractivity contribution in [2.24, 2.45) is 17.3 Å². The fraction of sp³-hybridized carbons (Fsp3) is 0.773. The van der Waals surface area contributed by atoms with Gasteiger partial charge < -0.3 is 15.7 Å². The van der Waals surface area contributed by atoms with Crippen LogP contribution in [0.4, 0.5) is 0 Å². The third-order valence-electron chi connectivity index (χ3n) is 5.64. The predicted molar refractivity (Wildman–Crippen MR) is 114 cm³/mol. The van der Waals surface area contributed by atoms with Gasteiger partial charge in [-0.25, -0.2) is 4.79 Å². The van der Waals surface area contributed by atoms with Gasteiger partial charge in [-0.3, -0.25) is 14.5 Å². The lowest BCUT2D eigenvalue weighted by Gasteiger charge is -2.38. The van der Waals surface area contributed by atoms with Crippen LogP contribution < -0.4 is 10.6 Å². The van der Waals surface area contributed by atoms with Crippen LogP contribution in [0.25, 0.3) is 0 Å². The van der Waals surface area contributed by atoms with Gasteiger partial charge in [-0.05, 0) is 50.6 Å². The highest BCUT2D eigenvalue weighted by atomic mass is 16.4. The number of amides is 2. The summed E-state index contributed by atoms with van der Waals surface area (Å²) >= 11 is 0. The van der Waals surface area contributed by atoms with Gasteiger partial charge in [-0.15, -0.1) is 0 Å². The predicted octanol–water partition coefficient (Wildman–Crippen LogP) is 2.42. The number of aliphatic carboxylic acids is 1. The van der Waals surface area contributed by atoms with Crippen molar-refractivity contribution in [3.05, 3.63) is 11.6 Å². The molecule has 0 bridgehead atoms. The van der Waals surface area contributed by atoms with E-state index in [-0.39, 0.29) is 29.3 Å². The molecule has 1 rings (SSSR count). The molecule has 0 aliphatic carbocycles. The summed E-state index contributed by atoms with van der Waals surface area (Å²) in [6.45, 7) is 14.1. The van der Waals surface area contributed by atoms with E-state index in [1.54, 1.807) is 6.08 Å². The lowest BCUT2D eigenvalue weighted by atomic mass is 9.84. The number of likely N-dealkylation sites (N-methyl/N-ethyl adjacent to an activating group) is 1. The Bertz CT molecular complexity index is 636. The number of carboxylic acids is 1. The molecule has 0 spiro atoms. The molecule has 0 aromatic heterocycles. The van der Waals surface area contributed by atoms with Gasteiger partial charge in [-0.2, -0.15) is 0 Å². The van der Waals surface area contributed by atoms with Gasteiger partial charge in [0.25, 0.3) is 0 Å². The van der Waals surface area contributed by atoms with Crippen LogP contribution >= 0.6 is 0 Å². The van der Waals surface area contributed by atoms with E-state index < -0.39 is 23.5 Å². The first-order valence-corrected chi connectivity index (χ1v) is 10.5. The van der Waals surface area contributed by atoms with Crippen LogP contribution in [0, 0.1) is 17.3 Å². The Hall–Kier alpha value is -1.89. The van der Waals surface area contributed by atoms with Gasteiger partial charge in [0, 0.05) is 5.57 Å². The molecule has 0 aromatic rings. The Balaban J connectivity index is 2.99. The minimum Gasteiger partial charge on any atom is -0.478 e. The summed E-state index contributed by atoms with van der Waals surface area (Å²) in [5.74, 6) is -0.966. The lowest BCUT2D eigenvalue weighted by Crippen LogP contribution is -2.59. The number of piperidine rings is 1. The van der Waals surface area contributed by atoms with Gasteiger partial charge in [-0.1, -0.05) is 47.6 Å². The molecule has 1 heterocycles. The Labute approximate surface area is 175 Å². The molecule has 0 saturated carbocycles. The molecular weight excluding hydrogens is 370 g/mol. The second-order valence-electron chi connectivity index (χ2n) is 9.87. The van der Waals surface area contributed by atoms with Crippen LogP contribution in [0.2, 0.25) is 0 Å². The first-order valence-electron chi connectivity index (χ1n) is 10.5. The summed E-state index contributed by atoms with van der Waals surface area (Å²) in [7, 11) is 1.94. The van der Waals surface area contributed by atoms with Gasteiger partial charge in [0.1, 0.15) is 6.04 Å². The topological polar surface area (TPSA) is 98.7 Å². The molecule has 2 amide bonds. The van der Waals surface area contributed by atoms with Gasteiger partial charge >= 0.3 is 5.97 Å². The van der Waals surface area contributed by atoms with E-state index in [2.05, 4.69) is 17.6 Å². The van der Waals surface area contributed by atoms with Crippen LogP contribution in [0.5, 0.6) is 0 Å². The zero-order chi connectivity index (χ0) is 22.5. The minimum absolute atomic E-state index is 0.00916. The van der Waals surface area contributed by atoms with Crippen LogP contribution in [-0.4, -0.2) is 59.5 Å². The summed E-state index contributed by atoms with van der Waals surface area (Å²) in [4.78, 5) is 39.3. The standard InChI is InChI=1S/C22H39N3O4/c1-13(2)16(12-15(4)21(28)29)23-20(27)18(22(5,6)7)24-19(26)17-11-14(3)9-10-25(17)8/h12-14,16-18H,9-11H2,1-8H3,(H,23,27)(H,24,26)(H,28,29)/b15-12+. The smallest absolute Gasteiger partial charge is 0.331 e. The molecule has 4 atom stereocenters. The molecule has 7 heteroatoms. The van der Waals surface area contributed by atoms with E-state index in [4.69, 9.17) is 5.11 Å². The number of carbonyl (C=O) groups excluding carboxylic acids is 2. The van der Waals surface area contributed by atoms with Crippen molar-refractivity contribution in [1.82, 2.24) is 15.5 Å². The highest BCUT2D eigenvalue weighted by Crippen LogP contribution is 2.24. The van der Waals surface area contributed by atoms with Gasteiger partial charge in [0.15, 0.2) is 0 Å². The lowest BCUT2D eigenvalue weighted by molar-refractivity contribution is -0.135. The van der Waals surface area contributed by atoms with Gasteiger partial charge in [0.2, 0.25) is 11.8 Å². The third kappa shape index (κ3) is 7.46. The van der Waals surface area contributed by atoms with Crippen molar-refractivity contribution in [3.63, 3.8) is 0 Å². The molecule has 1 aliphatic heterocycles. The van der Waals surface area contributed by atoms with Crippen LogP contribution in [-0.2, 0) is 14.4 Å². The molecular formula is C22H39N3O4. The van der Waals surface area contributed by atoms with Crippen molar-refractivity contribution in [2.45, 2.75) is 79.4 Å². The highest BCUT2D eigenvalue weighted by molar-refractivity contribution is 5.91. The normalized spacial score (nSPS) is 23.4. The van der Waals surface area contributed by atoms with Crippen molar-refractivity contribution in [2.75, 3.05) is 13.6 Å². The molecule has 166 valence electrons. The first-order chi connectivity index (χ1) is 13.2. The largest absolute Gasteiger partial charge is 0.478 e. The van der Waals surface area contributed by atoms with E-state index in [1.807, 2.05) is 46.6 Å². The van der Waals surface area contributed by atoms with E-state index in [9.17, 15) is 14.4 Å². The average Bonchev–Trinajstić information content (AvgIpc) is 2.59. The second kappa shape index (κ2) is 10.2.